The van der Waals surface area contributed by atoms with Crippen LogP contribution in [0.4, 0.5) is 0 Å². The highest BCUT2D eigenvalue weighted by molar-refractivity contribution is 5.99. The second kappa shape index (κ2) is 6.60. The van der Waals surface area contributed by atoms with Crippen molar-refractivity contribution < 1.29 is 4.79 Å². The second-order valence-corrected chi connectivity index (χ2v) is 7.26. The molecule has 2 aromatic carbocycles. The van der Waals surface area contributed by atoms with Gasteiger partial charge in [0.2, 0.25) is 5.95 Å². The molecule has 5 rings (SSSR count). The minimum atomic E-state index is 0.152. The summed E-state index contributed by atoms with van der Waals surface area (Å²) in [7, 11) is 0. The molecule has 0 aliphatic heterocycles. The molecular formula is C23H20N4O. The van der Waals surface area contributed by atoms with Crippen LogP contribution in [-0.2, 0) is 6.42 Å². The van der Waals surface area contributed by atoms with E-state index in [9.17, 15) is 4.79 Å². The zero-order valence-electron chi connectivity index (χ0n) is 15.6. The molecule has 0 bridgehead atoms. The van der Waals surface area contributed by atoms with Crippen molar-refractivity contribution in [1.82, 2.24) is 19.7 Å². The first-order chi connectivity index (χ1) is 13.7. The molecule has 0 fully saturated rings. The zero-order chi connectivity index (χ0) is 19.1. The molecule has 1 atom stereocenters. The fourth-order valence-corrected chi connectivity index (χ4v) is 3.95. The van der Waals surface area contributed by atoms with Gasteiger partial charge in [-0.2, -0.15) is 5.10 Å². The summed E-state index contributed by atoms with van der Waals surface area (Å²) in [5.74, 6) is 0.967. The van der Waals surface area contributed by atoms with E-state index in [4.69, 9.17) is 0 Å². The lowest BCUT2D eigenvalue weighted by atomic mass is 9.85. The number of aromatic nitrogens is 4. The van der Waals surface area contributed by atoms with Crippen LogP contribution in [0.15, 0.2) is 60.7 Å². The largest absolute Gasteiger partial charge is 0.322 e. The number of H-pyrrole nitrogens is 1. The van der Waals surface area contributed by atoms with Crippen LogP contribution >= 0.6 is 0 Å². The fourth-order valence-electron chi connectivity index (χ4n) is 3.95. The average molecular weight is 368 g/mol. The van der Waals surface area contributed by atoms with Crippen LogP contribution in [0, 0.1) is 12.8 Å². The van der Waals surface area contributed by atoms with Crippen molar-refractivity contribution in [3.05, 3.63) is 83.2 Å². The van der Waals surface area contributed by atoms with Gasteiger partial charge in [-0.05, 0) is 37.0 Å². The lowest BCUT2D eigenvalue weighted by Gasteiger charge is -2.19. The minimum absolute atomic E-state index is 0.152. The van der Waals surface area contributed by atoms with Crippen molar-refractivity contribution >= 4 is 22.9 Å². The van der Waals surface area contributed by atoms with Crippen molar-refractivity contribution in [1.29, 1.82) is 0 Å². The SMILES string of the molecule is Cc1nn(-c2nc3ccccc3[nH]2)c2c1C(=O)CC(/C=C/c1ccccc1)C2. The molecule has 0 saturated carbocycles. The number of para-hydroxylation sites is 2. The molecule has 5 heteroatoms. The summed E-state index contributed by atoms with van der Waals surface area (Å²) in [5, 5.41) is 4.64. The smallest absolute Gasteiger partial charge is 0.229 e. The van der Waals surface area contributed by atoms with Gasteiger partial charge in [0, 0.05) is 6.42 Å². The molecule has 0 amide bonds. The number of imidazole rings is 1. The van der Waals surface area contributed by atoms with Crippen molar-refractivity contribution in [3.63, 3.8) is 0 Å². The summed E-state index contributed by atoms with van der Waals surface area (Å²) < 4.78 is 1.81. The Bertz CT molecular complexity index is 1170. The maximum absolute atomic E-state index is 12.8. The topological polar surface area (TPSA) is 63.6 Å². The van der Waals surface area contributed by atoms with Crippen molar-refractivity contribution in [2.24, 2.45) is 5.92 Å². The van der Waals surface area contributed by atoms with E-state index in [1.54, 1.807) is 0 Å². The van der Waals surface area contributed by atoms with E-state index in [1.165, 1.54) is 0 Å². The molecule has 0 radical (unpaired) electrons. The summed E-state index contributed by atoms with van der Waals surface area (Å²) in [6, 6.07) is 18.1. The van der Waals surface area contributed by atoms with Crippen molar-refractivity contribution in [3.8, 4) is 5.95 Å². The average Bonchev–Trinajstić information content (AvgIpc) is 3.28. The van der Waals surface area contributed by atoms with Crippen LogP contribution < -0.4 is 0 Å². The van der Waals surface area contributed by atoms with E-state index in [2.05, 4.69) is 39.4 Å². The Morgan fingerprint density at radius 1 is 1.07 bits per heavy atom. The molecule has 1 aliphatic carbocycles. The zero-order valence-corrected chi connectivity index (χ0v) is 15.6. The number of hydrogen-bond donors (Lipinski definition) is 1. The number of carbonyl (C=O) groups excluding carboxylic acids is 1. The van der Waals surface area contributed by atoms with Gasteiger partial charge < -0.3 is 4.98 Å². The maximum Gasteiger partial charge on any atom is 0.229 e. The number of rotatable bonds is 3. The predicted molar refractivity (Wildman–Crippen MR) is 110 cm³/mol. The summed E-state index contributed by atoms with van der Waals surface area (Å²) in [6.45, 7) is 1.90. The summed E-state index contributed by atoms with van der Waals surface area (Å²) in [5.41, 5.74) is 5.46. The van der Waals surface area contributed by atoms with Gasteiger partial charge in [0.05, 0.1) is 28.0 Å². The van der Waals surface area contributed by atoms with Crippen LogP contribution in [0.1, 0.15) is 33.7 Å². The van der Waals surface area contributed by atoms with Crippen LogP contribution in [0.3, 0.4) is 0 Å². The highest BCUT2D eigenvalue weighted by Crippen LogP contribution is 2.30. The molecule has 4 aromatic rings. The third-order valence-electron chi connectivity index (χ3n) is 5.28. The van der Waals surface area contributed by atoms with Gasteiger partial charge in [-0.3, -0.25) is 4.79 Å². The van der Waals surface area contributed by atoms with Gasteiger partial charge in [0.1, 0.15) is 0 Å². The van der Waals surface area contributed by atoms with E-state index in [0.29, 0.717) is 12.4 Å². The first kappa shape index (κ1) is 16.7. The van der Waals surface area contributed by atoms with Gasteiger partial charge in [-0.25, -0.2) is 9.67 Å². The van der Waals surface area contributed by atoms with Gasteiger partial charge >= 0.3 is 0 Å². The van der Waals surface area contributed by atoms with Crippen LogP contribution in [0.5, 0.6) is 0 Å². The first-order valence-electron chi connectivity index (χ1n) is 9.49. The number of allylic oxidation sites excluding steroid dienone is 1. The molecule has 138 valence electrons. The minimum Gasteiger partial charge on any atom is -0.322 e. The van der Waals surface area contributed by atoms with Crippen LogP contribution in [0.25, 0.3) is 23.1 Å². The van der Waals surface area contributed by atoms with E-state index < -0.39 is 0 Å². The van der Waals surface area contributed by atoms with Crippen molar-refractivity contribution in [2.45, 2.75) is 19.8 Å². The Morgan fingerprint density at radius 3 is 2.68 bits per heavy atom. The maximum atomic E-state index is 12.8. The molecule has 2 heterocycles. The van der Waals surface area contributed by atoms with E-state index >= 15 is 0 Å². The van der Waals surface area contributed by atoms with Gasteiger partial charge in [0.25, 0.3) is 0 Å². The Hall–Kier alpha value is -3.47. The third kappa shape index (κ3) is 2.85. The molecular weight excluding hydrogens is 348 g/mol. The normalized spacial score (nSPS) is 16.8. The molecule has 1 N–H and O–H groups in total. The molecule has 0 saturated heterocycles. The number of nitrogens with zero attached hydrogens (tertiary/aromatic N) is 3. The van der Waals surface area contributed by atoms with Crippen LogP contribution in [-0.4, -0.2) is 25.5 Å². The molecule has 2 aromatic heterocycles. The van der Waals surface area contributed by atoms with Gasteiger partial charge in [0.15, 0.2) is 5.78 Å². The number of hydrogen-bond acceptors (Lipinski definition) is 3. The number of aryl methyl sites for hydroxylation is 1. The number of benzene rings is 2. The second-order valence-electron chi connectivity index (χ2n) is 7.26. The van der Waals surface area contributed by atoms with Crippen molar-refractivity contribution in [2.75, 3.05) is 0 Å². The Labute approximate surface area is 162 Å². The van der Waals surface area contributed by atoms with Gasteiger partial charge in [-0.15, -0.1) is 0 Å². The number of fused-ring (bicyclic) bond motifs is 2. The quantitative estimate of drug-likeness (QED) is 0.578. The number of aromatic amines is 1. The number of Topliss-reactive ketones (excluding diaryl/α,β-unsaturated/α-hetero) is 1. The fraction of sp³-hybridized carbons (Fsp3) is 0.174. The molecule has 28 heavy (non-hydrogen) atoms. The highest BCUT2D eigenvalue weighted by Gasteiger charge is 2.31. The molecule has 1 aliphatic rings. The third-order valence-corrected chi connectivity index (χ3v) is 5.28. The predicted octanol–water partition coefficient (Wildman–Crippen LogP) is 4.52. The molecule has 0 spiro atoms. The van der Waals surface area contributed by atoms with E-state index in [0.717, 1.165) is 40.0 Å². The van der Waals surface area contributed by atoms with E-state index in [1.807, 2.05) is 54.1 Å². The molecule has 5 nitrogen and oxygen atoms in total. The monoisotopic (exact) mass is 368 g/mol. The lowest BCUT2D eigenvalue weighted by Crippen LogP contribution is -2.20. The number of ketones is 1. The Kier molecular flexibility index (Phi) is 3.93. The highest BCUT2D eigenvalue weighted by atomic mass is 16.1. The standard InChI is InChI=1S/C23H20N4O/c1-15-22-20(27(26-15)23-24-18-9-5-6-10-19(18)25-23)13-17(14-21(22)28)12-11-16-7-3-2-4-8-16/h2-12,17H,13-14H2,1H3,(H,24,25)/b12-11+. The summed E-state index contributed by atoms with van der Waals surface area (Å²) in [6.07, 6.45) is 5.52. The first-order valence-corrected chi connectivity index (χ1v) is 9.49. The summed E-state index contributed by atoms with van der Waals surface area (Å²) in [4.78, 5) is 20.8. The Morgan fingerprint density at radius 2 is 1.86 bits per heavy atom. The van der Waals surface area contributed by atoms with Crippen LogP contribution in [0.2, 0.25) is 0 Å². The number of carbonyl (C=O) groups is 1. The van der Waals surface area contributed by atoms with Gasteiger partial charge in [-0.1, -0.05) is 54.6 Å². The van der Waals surface area contributed by atoms with E-state index in [-0.39, 0.29) is 11.7 Å². The Balaban J connectivity index is 1.52. The molecule has 1 unspecified atom stereocenters. The summed E-state index contributed by atoms with van der Waals surface area (Å²) >= 11 is 0. The number of nitrogens with one attached hydrogen (secondary N) is 1. The lowest BCUT2D eigenvalue weighted by molar-refractivity contribution is 0.0958.